The second kappa shape index (κ2) is 6.03. The molecule has 0 unspecified atom stereocenters. The lowest BCUT2D eigenvalue weighted by Crippen LogP contribution is -2.20. The molecular formula is C16H5Br2N3O2S3. The van der Waals surface area contributed by atoms with Crippen molar-refractivity contribution in [2.75, 3.05) is 0 Å². The maximum Gasteiger partial charge on any atom is 0.259 e. The zero-order valence-corrected chi connectivity index (χ0v) is 18.1. The molecule has 128 valence electrons. The lowest BCUT2D eigenvalue weighted by molar-refractivity contribution is 0.0880. The topological polar surface area (TPSA) is 72.0 Å². The maximum atomic E-state index is 12.6. The fraction of sp³-hybridized carbons (Fsp3) is 0. The number of thiophene rings is 2. The fourth-order valence-electron chi connectivity index (χ4n) is 3.06. The molecule has 4 heterocycles. The SMILES string of the molecule is O=C1NC(=O)c2c1c(-c1ccc(Br)s1)c1nsnc1c2-c1ccc(Br)s1. The summed E-state index contributed by atoms with van der Waals surface area (Å²) in [5.74, 6) is -0.785. The molecule has 0 saturated carbocycles. The van der Waals surface area contributed by atoms with Crippen molar-refractivity contribution in [3.05, 3.63) is 43.0 Å². The first-order valence-corrected chi connectivity index (χ1v) is 11.2. The van der Waals surface area contributed by atoms with E-state index in [0.717, 1.165) is 29.1 Å². The molecular weight excluding hydrogens is 522 g/mol. The molecule has 1 aliphatic rings. The van der Waals surface area contributed by atoms with Crippen LogP contribution < -0.4 is 5.32 Å². The number of imide groups is 1. The molecule has 26 heavy (non-hydrogen) atoms. The molecule has 0 saturated heterocycles. The molecule has 2 amide bonds. The highest BCUT2D eigenvalue weighted by atomic mass is 79.9. The van der Waals surface area contributed by atoms with Gasteiger partial charge in [0.05, 0.1) is 30.4 Å². The summed E-state index contributed by atoms with van der Waals surface area (Å²) < 4.78 is 10.8. The summed E-state index contributed by atoms with van der Waals surface area (Å²) in [6.07, 6.45) is 0. The molecule has 1 N–H and O–H groups in total. The summed E-state index contributed by atoms with van der Waals surface area (Å²) in [5, 5.41) is 2.44. The van der Waals surface area contributed by atoms with Crippen molar-refractivity contribution >= 4 is 89.1 Å². The van der Waals surface area contributed by atoms with Crippen molar-refractivity contribution in [3.8, 4) is 20.9 Å². The molecule has 3 aromatic heterocycles. The first-order valence-electron chi connectivity index (χ1n) is 7.24. The van der Waals surface area contributed by atoms with Gasteiger partial charge in [0.25, 0.3) is 11.8 Å². The summed E-state index contributed by atoms with van der Waals surface area (Å²) >= 11 is 11.0. The molecule has 5 rings (SSSR count). The minimum Gasteiger partial charge on any atom is -0.288 e. The molecule has 10 heteroatoms. The monoisotopic (exact) mass is 525 g/mol. The number of hydrogen-bond donors (Lipinski definition) is 1. The van der Waals surface area contributed by atoms with E-state index < -0.39 is 11.8 Å². The molecule has 0 bridgehead atoms. The van der Waals surface area contributed by atoms with Gasteiger partial charge in [-0.2, -0.15) is 8.75 Å². The van der Waals surface area contributed by atoms with Crippen molar-refractivity contribution in [1.29, 1.82) is 0 Å². The van der Waals surface area contributed by atoms with Crippen molar-refractivity contribution in [2.45, 2.75) is 0 Å². The second-order valence-corrected chi connectivity index (χ2v) is 10.9. The first kappa shape index (κ1) is 16.7. The number of halogens is 2. The highest BCUT2D eigenvalue weighted by Crippen LogP contribution is 2.46. The number of nitrogens with zero attached hydrogens (tertiary/aromatic N) is 2. The number of hydrogen-bond acceptors (Lipinski definition) is 7. The van der Waals surface area contributed by atoms with Crippen LogP contribution in [0.15, 0.2) is 31.8 Å². The van der Waals surface area contributed by atoms with E-state index in [-0.39, 0.29) is 0 Å². The van der Waals surface area contributed by atoms with Crippen LogP contribution in [0.3, 0.4) is 0 Å². The number of nitrogens with one attached hydrogen (secondary N) is 1. The van der Waals surface area contributed by atoms with E-state index in [9.17, 15) is 9.59 Å². The molecule has 0 spiro atoms. The second-order valence-electron chi connectivity index (χ2n) is 5.45. The van der Waals surface area contributed by atoms with Gasteiger partial charge in [-0.25, -0.2) is 0 Å². The van der Waals surface area contributed by atoms with E-state index in [2.05, 4.69) is 45.9 Å². The zero-order chi connectivity index (χ0) is 18.0. The average molecular weight is 527 g/mol. The van der Waals surface area contributed by atoms with Gasteiger partial charge in [-0.15, -0.1) is 22.7 Å². The van der Waals surface area contributed by atoms with Gasteiger partial charge in [-0.05, 0) is 56.1 Å². The van der Waals surface area contributed by atoms with Crippen LogP contribution in [0.1, 0.15) is 20.7 Å². The third-order valence-corrected chi connectivity index (χ3v) is 7.84. The summed E-state index contributed by atoms with van der Waals surface area (Å²) in [7, 11) is 0. The standard InChI is InChI=1S/C16H5Br2N3O2S3/c17-7-3-1-5(24-7)9-11-12(16(23)19-15(11)22)10(6-2-4-8(18)25-6)14-13(9)20-26-21-14/h1-4H,(H,19,22,23). The van der Waals surface area contributed by atoms with Gasteiger partial charge in [0.2, 0.25) is 0 Å². The van der Waals surface area contributed by atoms with Crippen LogP contribution in [0.2, 0.25) is 0 Å². The third kappa shape index (κ3) is 2.36. The Labute approximate surface area is 175 Å². The van der Waals surface area contributed by atoms with Gasteiger partial charge < -0.3 is 0 Å². The number of fused-ring (bicyclic) bond motifs is 2. The van der Waals surface area contributed by atoms with E-state index in [4.69, 9.17) is 0 Å². The molecule has 0 aliphatic carbocycles. The van der Waals surface area contributed by atoms with E-state index >= 15 is 0 Å². The van der Waals surface area contributed by atoms with Crippen LogP contribution in [-0.2, 0) is 0 Å². The van der Waals surface area contributed by atoms with Crippen molar-refractivity contribution < 1.29 is 9.59 Å². The molecule has 4 aromatic rings. The van der Waals surface area contributed by atoms with Crippen LogP contribution >= 0.6 is 66.3 Å². The number of carbonyl (C=O) groups excluding carboxylic acids is 2. The molecule has 1 aliphatic heterocycles. The predicted molar refractivity (Wildman–Crippen MR) is 111 cm³/mol. The Morgan fingerprint density at radius 3 is 1.58 bits per heavy atom. The van der Waals surface area contributed by atoms with Crippen molar-refractivity contribution in [2.24, 2.45) is 0 Å². The summed E-state index contributed by atoms with van der Waals surface area (Å²) in [6.45, 7) is 0. The zero-order valence-electron chi connectivity index (χ0n) is 12.5. The van der Waals surface area contributed by atoms with E-state index in [1.165, 1.54) is 22.7 Å². The fourth-order valence-corrected chi connectivity index (χ4v) is 6.50. The van der Waals surface area contributed by atoms with Crippen LogP contribution in [-0.4, -0.2) is 20.6 Å². The van der Waals surface area contributed by atoms with Crippen molar-refractivity contribution in [3.63, 3.8) is 0 Å². The van der Waals surface area contributed by atoms with Gasteiger partial charge in [0, 0.05) is 20.9 Å². The molecule has 0 radical (unpaired) electrons. The summed E-state index contributed by atoms with van der Waals surface area (Å²) in [4.78, 5) is 27.0. The number of benzene rings is 1. The lowest BCUT2D eigenvalue weighted by Gasteiger charge is -2.10. The quantitative estimate of drug-likeness (QED) is 0.347. The Balaban J connectivity index is 1.98. The molecule has 0 atom stereocenters. The first-order chi connectivity index (χ1) is 12.5. The van der Waals surface area contributed by atoms with Crippen LogP contribution in [0, 0.1) is 0 Å². The van der Waals surface area contributed by atoms with Crippen LogP contribution in [0.25, 0.3) is 31.9 Å². The van der Waals surface area contributed by atoms with Gasteiger partial charge in [-0.1, -0.05) is 0 Å². The Morgan fingerprint density at radius 2 is 1.19 bits per heavy atom. The Morgan fingerprint density at radius 1 is 0.731 bits per heavy atom. The highest BCUT2D eigenvalue weighted by molar-refractivity contribution is 9.11. The minimum absolute atomic E-state index is 0.379. The molecule has 0 fully saturated rings. The number of carbonyl (C=O) groups is 2. The van der Waals surface area contributed by atoms with Crippen LogP contribution in [0.4, 0.5) is 0 Å². The minimum atomic E-state index is -0.392. The Hall–Kier alpha value is -1.46. The Bertz CT molecular complexity index is 1150. The van der Waals surface area contributed by atoms with Crippen molar-refractivity contribution in [1.82, 2.24) is 14.1 Å². The van der Waals surface area contributed by atoms with E-state index in [1.807, 2.05) is 24.3 Å². The number of aromatic nitrogens is 2. The third-order valence-electron chi connectivity index (χ3n) is 4.03. The largest absolute Gasteiger partial charge is 0.288 e. The van der Waals surface area contributed by atoms with Gasteiger partial charge >= 0.3 is 0 Å². The molecule has 5 nitrogen and oxygen atoms in total. The van der Waals surface area contributed by atoms with Gasteiger partial charge in [-0.3, -0.25) is 14.9 Å². The van der Waals surface area contributed by atoms with E-state index in [0.29, 0.717) is 33.3 Å². The summed E-state index contributed by atoms with van der Waals surface area (Å²) in [5.41, 5.74) is 3.39. The number of rotatable bonds is 2. The normalized spacial score (nSPS) is 13.5. The van der Waals surface area contributed by atoms with Crippen LogP contribution in [0.5, 0.6) is 0 Å². The van der Waals surface area contributed by atoms with Gasteiger partial charge in [0.15, 0.2) is 0 Å². The maximum absolute atomic E-state index is 12.6. The van der Waals surface area contributed by atoms with E-state index in [1.54, 1.807) is 0 Å². The predicted octanol–water partition coefficient (Wildman–Crippen LogP) is 5.56. The average Bonchev–Trinajstić information content (AvgIpc) is 3.36. The highest BCUT2D eigenvalue weighted by Gasteiger charge is 2.37. The lowest BCUT2D eigenvalue weighted by atomic mass is 9.93. The smallest absolute Gasteiger partial charge is 0.259 e. The Kier molecular flexibility index (Phi) is 3.87. The molecule has 1 aromatic carbocycles. The number of amides is 2. The van der Waals surface area contributed by atoms with Gasteiger partial charge in [0.1, 0.15) is 11.0 Å². The summed E-state index contributed by atoms with van der Waals surface area (Å²) in [6, 6.07) is 7.66.